The van der Waals surface area contributed by atoms with Gasteiger partial charge in [0, 0.05) is 49.2 Å². The molecule has 0 bridgehead atoms. The van der Waals surface area contributed by atoms with Crippen molar-refractivity contribution >= 4 is 64.7 Å². The van der Waals surface area contributed by atoms with Crippen LogP contribution in [0, 0.1) is 0 Å². The third-order valence-electron chi connectivity index (χ3n) is 9.42. The van der Waals surface area contributed by atoms with Crippen LogP contribution in [0.15, 0.2) is 72.9 Å². The number of piperidine rings is 2. The summed E-state index contributed by atoms with van der Waals surface area (Å²) in [5, 5.41) is 10.0. The van der Waals surface area contributed by atoms with Crippen molar-refractivity contribution in [1.29, 1.82) is 0 Å². The number of imide groups is 1. The van der Waals surface area contributed by atoms with Crippen molar-refractivity contribution in [2.75, 3.05) is 56.1 Å². The van der Waals surface area contributed by atoms with Gasteiger partial charge in [0.15, 0.2) is 5.82 Å². The fraction of sp³-hybridized carbons (Fsp3) is 0.351. The standard InChI is InChI=1S/C37H43ClN7O4P/c1-44(23-24-9-11-25(12-10-24)28-14-16-34(46)42-36(28)47)26-17-19-45(20-18-26)27-13-15-30(32(21-27)49-2)41-37-39-22-29(38)35(43-37)40-31-7-5-6-8-33(31)50(3,4)48/h5-13,15,21-22,26,28H,14,16-20,23H2,1-4H3,(H,42,46,47)(H2,39,40,41,43). The fourth-order valence-corrected chi connectivity index (χ4v) is 7.93. The molecule has 3 heterocycles. The first-order valence-electron chi connectivity index (χ1n) is 16.8. The van der Waals surface area contributed by atoms with Gasteiger partial charge in [-0.15, -0.1) is 0 Å². The van der Waals surface area contributed by atoms with Crippen molar-refractivity contribution in [3.05, 3.63) is 89.1 Å². The highest BCUT2D eigenvalue weighted by atomic mass is 35.5. The van der Waals surface area contributed by atoms with E-state index in [1.807, 2.05) is 48.5 Å². The van der Waals surface area contributed by atoms with Crippen LogP contribution >= 0.6 is 18.7 Å². The summed E-state index contributed by atoms with van der Waals surface area (Å²) >= 11 is 6.45. The molecule has 0 aliphatic carbocycles. The number of benzene rings is 3. The zero-order valence-corrected chi connectivity index (χ0v) is 30.4. The van der Waals surface area contributed by atoms with Gasteiger partial charge < -0.3 is 24.8 Å². The van der Waals surface area contributed by atoms with Crippen LogP contribution in [0.1, 0.15) is 42.7 Å². The smallest absolute Gasteiger partial charge is 0.234 e. The van der Waals surface area contributed by atoms with Crippen molar-refractivity contribution in [1.82, 2.24) is 20.2 Å². The van der Waals surface area contributed by atoms with E-state index in [2.05, 4.69) is 61.0 Å². The van der Waals surface area contributed by atoms with E-state index >= 15 is 0 Å². The zero-order valence-electron chi connectivity index (χ0n) is 28.8. The molecule has 6 rings (SSSR count). The van der Waals surface area contributed by atoms with Crippen LogP contribution in [0.5, 0.6) is 5.75 Å². The van der Waals surface area contributed by atoms with Crippen LogP contribution in [0.25, 0.3) is 0 Å². The van der Waals surface area contributed by atoms with Gasteiger partial charge in [-0.05, 0) is 75.0 Å². The molecule has 50 heavy (non-hydrogen) atoms. The molecule has 0 saturated carbocycles. The number of carbonyl (C=O) groups excluding carboxylic acids is 2. The Labute approximate surface area is 298 Å². The van der Waals surface area contributed by atoms with Crippen LogP contribution in [-0.4, -0.2) is 73.3 Å². The molecular formula is C37H43ClN7O4P. The van der Waals surface area contributed by atoms with Crippen LogP contribution in [-0.2, 0) is 20.7 Å². The van der Waals surface area contributed by atoms with E-state index < -0.39 is 7.14 Å². The Morgan fingerprint density at radius 2 is 1.74 bits per heavy atom. The highest BCUT2D eigenvalue weighted by Crippen LogP contribution is 2.39. The van der Waals surface area contributed by atoms with Gasteiger partial charge in [0.25, 0.3) is 0 Å². The lowest BCUT2D eigenvalue weighted by molar-refractivity contribution is -0.134. The molecule has 3 N–H and O–H groups in total. The van der Waals surface area contributed by atoms with Gasteiger partial charge in [0.2, 0.25) is 17.8 Å². The van der Waals surface area contributed by atoms with Crippen molar-refractivity contribution in [2.24, 2.45) is 0 Å². The lowest BCUT2D eigenvalue weighted by Crippen LogP contribution is -2.43. The molecule has 2 saturated heterocycles. The Balaban J connectivity index is 1.05. The average molecular weight is 716 g/mol. The molecule has 11 nitrogen and oxygen atoms in total. The van der Waals surface area contributed by atoms with E-state index in [9.17, 15) is 14.2 Å². The summed E-state index contributed by atoms with van der Waals surface area (Å²) in [6.45, 7) is 6.11. The number of para-hydroxylation sites is 1. The molecule has 2 fully saturated rings. The third-order valence-corrected chi connectivity index (χ3v) is 11.2. The molecule has 1 atom stereocenters. The second-order valence-corrected chi connectivity index (χ2v) is 16.9. The average Bonchev–Trinajstić information content (AvgIpc) is 3.10. The summed E-state index contributed by atoms with van der Waals surface area (Å²) in [6, 6.07) is 22.2. The summed E-state index contributed by atoms with van der Waals surface area (Å²) in [6.07, 6.45) is 4.51. The minimum atomic E-state index is -2.54. The predicted octanol–water partition coefficient (Wildman–Crippen LogP) is 6.49. The summed E-state index contributed by atoms with van der Waals surface area (Å²) < 4.78 is 18.6. The lowest BCUT2D eigenvalue weighted by atomic mass is 9.90. The van der Waals surface area contributed by atoms with E-state index in [0.29, 0.717) is 47.1 Å². The van der Waals surface area contributed by atoms with Gasteiger partial charge in [-0.3, -0.25) is 19.8 Å². The Kier molecular flexibility index (Phi) is 10.8. The lowest BCUT2D eigenvalue weighted by Gasteiger charge is -2.38. The molecule has 1 aromatic heterocycles. The number of nitrogens with one attached hydrogen (secondary N) is 3. The van der Waals surface area contributed by atoms with Gasteiger partial charge in [0.05, 0.1) is 30.6 Å². The van der Waals surface area contributed by atoms with Crippen LogP contribution in [0.2, 0.25) is 5.02 Å². The quantitative estimate of drug-likeness (QED) is 0.117. The van der Waals surface area contributed by atoms with Crippen molar-refractivity contribution in [2.45, 2.75) is 44.2 Å². The van der Waals surface area contributed by atoms with Crippen LogP contribution < -0.4 is 30.9 Å². The Morgan fingerprint density at radius 3 is 2.44 bits per heavy atom. The number of carbonyl (C=O) groups is 2. The molecule has 0 radical (unpaired) electrons. The predicted molar refractivity (Wildman–Crippen MR) is 200 cm³/mol. The monoisotopic (exact) mass is 715 g/mol. The second kappa shape index (κ2) is 15.2. The number of amides is 2. The molecule has 3 aromatic carbocycles. The SMILES string of the molecule is COc1cc(N2CCC(N(C)Cc3ccc(C4CCC(=O)NC4=O)cc3)CC2)ccc1Nc1ncc(Cl)c(Nc2ccccc2P(C)(C)=O)n1. The Morgan fingerprint density at radius 1 is 1.00 bits per heavy atom. The zero-order chi connectivity index (χ0) is 35.4. The number of hydrogen-bond donors (Lipinski definition) is 3. The van der Waals surface area contributed by atoms with E-state index in [1.165, 1.54) is 11.8 Å². The first-order chi connectivity index (χ1) is 24.0. The summed E-state index contributed by atoms with van der Waals surface area (Å²) in [7, 11) is 1.27. The Bertz CT molecular complexity index is 1910. The van der Waals surface area contributed by atoms with Gasteiger partial charge in [-0.25, -0.2) is 4.98 Å². The number of anilines is 5. The van der Waals surface area contributed by atoms with E-state index in [0.717, 1.165) is 54.7 Å². The topological polar surface area (TPSA) is 129 Å². The van der Waals surface area contributed by atoms with Gasteiger partial charge >= 0.3 is 0 Å². The van der Waals surface area contributed by atoms with E-state index in [-0.39, 0.29) is 17.7 Å². The van der Waals surface area contributed by atoms with Crippen LogP contribution in [0.3, 0.4) is 0 Å². The fourth-order valence-electron chi connectivity index (χ4n) is 6.64. The van der Waals surface area contributed by atoms with Gasteiger partial charge in [-0.1, -0.05) is 48.0 Å². The highest BCUT2D eigenvalue weighted by molar-refractivity contribution is 7.70. The van der Waals surface area contributed by atoms with E-state index in [4.69, 9.17) is 16.3 Å². The normalized spacial score (nSPS) is 17.1. The number of halogens is 1. The van der Waals surface area contributed by atoms with Crippen molar-refractivity contribution in [3.63, 3.8) is 0 Å². The van der Waals surface area contributed by atoms with Gasteiger partial charge in [0.1, 0.15) is 17.9 Å². The third kappa shape index (κ3) is 8.29. The number of hydrogen-bond acceptors (Lipinski definition) is 10. The summed E-state index contributed by atoms with van der Waals surface area (Å²) in [4.78, 5) is 37.5. The molecule has 262 valence electrons. The first kappa shape index (κ1) is 35.4. The minimum Gasteiger partial charge on any atom is -0.494 e. The number of aromatic nitrogens is 2. The van der Waals surface area contributed by atoms with Crippen molar-refractivity contribution < 1.29 is 18.9 Å². The van der Waals surface area contributed by atoms with E-state index in [1.54, 1.807) is 20.4 Å². The maximum Gasteiger partial charge on any atom is 0.234 e. The number of nitrogens with zero attached hydrogens (tertiary/aromatic N) is 4. The molecule has 13 heteroatoms. The molecular weight excluding hydrogens is 673 g/mol. The summed E-state index contributed by atoms with van der Waals surface area (Å²) in [5.74, 6) is 0.747. The molecule has 2 amide bonds. The Hall–Kier alpha value is -4.44. The highest BCUT2D eigenvalue weighted by Gasteiger charge is 2.28. The minimum absolute atomic E-state index is 0.192. The summed E-state index contributed by atoms with van der Waals surface area (Å²) in [5.41, 5.74) is 4.64. The molecule has 2 aliphatic heterocycles. The number of methoxy groups -OCH3 is 1. The molecule has 2 aliphatic rings. The molecule has 4 aromatic rings. The molecule has 0 spiro atoms. The molecule has 1 unspecified atom stereocenters. The number of ether oxygens (including phenoxy) is 1. The van der Waals surface area contributed by atoms with Crippen LogP contribution in [0.4, 0.5) is 28.8 Å². The maximum absolute atomic E-state index is 12.9. The van der Waals surface area contributed by atoms with Gasteiger partial charge in [-0.2, -0.15) is 4.98 Å². The first-order valence-corrected chi connectivity index (χ1v) is 19.7. The van der Waals surface area contributed by atoms with Crippen molar-refractivity contribution in [3.8, 4) is 5.75 Å². The number of rotatable bonds is 11. The second-order valence-electron chi connectivity index (χ2n) is 13.3. The maximum atomic E-state index is 12.9. The largest absolute Gasteiger partial charge is 0.494 e.